The van der Waals surface area contributed by atoms with E-state index in [4.69, 9.17) is 15.2 Å². The highest BCUT2D eigenvalue weighted by atomic mass is 16.5. The zero-order chi connectivity index (χ0) is 11.2. The second-order valence-electron chi connectivity index (χ2n) is 4.10. The number of benzene rings is 1. The lowest BCUT2D eigenvalue weighted by Crippen LogP contribution is -2.23. The monoisotopic (exact) mass is 221 g/mol. The van der Waals surface area contributed by atoms with Crippen molar-refractivity contribution in [2.24, 2.45) is 5.73 Å². The summed E-state index contributed by atoms with van der Waals surface area (Å²) in [6.07, 6.45) is 2.36. The first-order valence-corrected chi connectivity index (χ1v) is 5.86. The second kappa shape index (κ2) is 5.99. The first-order valence-electron chi connectivity index (χ1n) is 5.86. The van der Waals surface area contributed by atoms with Gasteiger partial charge in [-0.15, -0.1) is 0 Å². The van der Waals surface area contributed by atoms with Gasteiger partial charge >= 0.3 is 0 Å². The molecule has 0 amide bonds. The molecule has 1 aliphatic rings. The van der Waals surface area contributed by atoms with E-state index < -0.39 is 0 Å². The molecule has 2 N–H and O–H groups in total. The molecule has 1 saturated heterocycles. The van der Waals surface area contributed by atoms with Crippen LogP contribution in [-0.2, 0) is 22.6 Å². The van der Waals surface area contributed by atoms with Gasteiger partial charge in [-0.05, 0) is 24.0 Å². The highest BCUT2D eigenvalue weighted by Crippen LogP contribution is 2.15. The fourth-order valence-electron chi connectivity index (χ4n) is 1.95. The molecule has 88 valence electrons. The molecule has 2 rings (SSSR count). The summed E-state index contributed by atoms with van der Waals surface area (Å²) in [5.74, 6) is 0. The Morgan fingerprint density at radius 1 is 1.19 bits per heavy atom. The average Bonchev–Trinajstić information content (AvgIpc) is 2.38. The summed E-state index contributed by atoms with van der Waals surface area (Å²) in [5.41, 5.74) is 8.06. The zero-order valence-electron chi connectivity index (χ0n) is 9.52. The van der Waals surface area contributed by atoms with Crippen molar-refractivity contribution in [2.75, 3.05) is 13.2 Å². The van der Waals surface area contributed by atoms with Crippen molar-refractivity contribution in [1.82, 2.24) is 0 Å². The van der Waals surface area contributed by atoms with Crippen LogP contribution >= 0.6 is 0 Å². The van der Waals surface area contributed by atoms with Crippen LogP contribution in [0, 0.1) is 0 Å². The van der Waals surface area contributed by atoms with Crippen LogP contribution < -0.4 is 5.73 Å². The lowest BCUT2D eigenvalue weighted by atomic mass is 10.1. The van der Waals surface area contributed by atoms with E-state index in [1.807, 2.05) is 12.1 Å². The van der Waals surface area contributed by atoms with Gasteiger partial charge in [-0.2, -0.15) is 0 Å². The van der Waals surface area contributed by atoms with Crippen LogP contribution in [0.15, 0.2) is 24.3 Å². The number of ether oxygens (including phenoxy) is 2. The molecule has 0 spiro atoms. The third-order valence-electron chi connectivity index (χ3n) is 2.98. The van der Waals surface area contributed by atoms with Crippen LogP contribution in [0.1, 0.15) is 24.0 Å². The van der Waals surface area contributed by atoms with Gasteiger partial charge in [-0.3, -0.25) is 0 Å². The SMILES string of the molecule is NCc1ccccc1COC1CCOCC1. The molecule has 0 bridgehead atoms. The third-order valence-corrected chi connectivity index (χ3v) is 2.98. The zero-order valence-corrected chi connectivity index (χ0v) is 9.52. The minimum absolute atomic E-state index is 0.347. The van der Waals surface area contributed by atoms with Gasteiger partial charge in [0, 0.05) is 19.8 Å². The van der Waals surface area contributed by atoms with Crippen molar-refractivity contribution in [2.45, 2.75) is 32.1 Å². The van der Waals surface area contributed by atoms with Crippen molar-refractivity contribution in [3.05, 3.63) is 35.4 Å². The predicted molar refractivity (Wildman–Crippen MR) is 63.0 cm³/mol. The highest BCUT2D eigenvalue weighted by Gasteiger charge is 2.14. The largest absolute Gasteiger partial charge is 0.381 e. The molecule has 0 aliphatic carbocycles. The maximum atomic E-state index is 5.88. The van der Waals surface area contributed by atoms with Gasteiger partial charge in [0.2, 0.25) is 0 Å². The van der Waals surface area contributed by atoms with Gasteiger partial charge in [0.25, 0.3) is 0 Å². The standard InChI is InChI=1S/C13H19NO2/c14-9-11-3-1-2-4-12(11)10-16-13-5-7-15-8-6-13/h1-4,13H,5-10,14H2. The molecule has 0 saturated carbocycles. The molecule has 0 aromatic heterocycles. The summed E-state index contributed by atoms with van der Waals surface area (Å²) in [7, 11) is 0. The van der Waals surface area contributed by atoms with Crippen LogP contribution in [-0.4, -0.2) is 19.3 Å². The van der Waals surface area contributed by atoms with E-state index in [9.17, 15) is 0 Å². The molecule has 1 aromatic carbocycles. The van der Waals surface area contributed by atoms with Crippen LogP contribution in [0.25, 0.3) is 0 Å². The Balaban J connectivity index is 1.88. The molecule has 1 aromatic rings. The van der Waals surface area contributed by atoms with Crippen molar-refractivity contribution >= 4 is 0 Å². The van der Waals surface area contributed by atoms with Gasteiger partial charge in [-0.1, -0.05) is 24.3 Å². The molecule has 3 nitrogen and oxygen atoms in total. The normalized spacial score (nSPS) is 17.6. The molecular weight excluding hydrogens is 202 g/mol. The van der Waals surface area contributed by atoms with Crippen molar-refractivity contribution in [1.29, 1.82) is 0 Å². The number of rotatable bonds is 4. The van der Waals surface area contributed by atoms with Crippen molar-refractivity contribution in [3.63, 3.8) is 0 Å². The Hall–Kier alpha value is -0.900. The fourth-order valence-corrected chi connectivity index (χ4v) is 1.95. The van der Waals surface area contributed by atoms with Gasteiger partial charge < -0.3 is 15.2 Å². The lowest BCUT2D eigenvalue weighted by molar-refractivity contribution is -0.0392. The number of hydrogen-bond acceptors (Lipinski definition) is 3. The molecule has 1 aliphatic heterocycles. The van der Waals surface area contributed by atoms with Gasteiger partial charge in [0.05, 0.1) is 12.7 Å². The fraction of sp³-hybridized carbons (Fsp3) is 0.538. The molecule has 0 radical (unpaired) electrons. The van der Waals surface area contributed by atoms with Crippen LogP contribution in [0.3, 0.4) is 0 Å². The summed E-state index contributed by atoms with van der Waals surface area (Å²) in [5, 5.41) is 0. The molecule has 0 unspecified atom stereocenters. The molecule has 0 atom stereocenters. The Kier molecular flexibility index (Phi) is 4.34. The number of hydrogen-bond donors (Lipinski definition) is 1. The van der Waals surface area contributed by atoms with Crippen LogP contribution in [0.5, 0.6) is 0 Å². The summed E-state index contributed by atoms with van der Waals surface area (Å²) in [6, 6.07) is 8.19. The first-order chi connectivity index (χ1) is 7.90. The lowest BCUT2D eigenvalue weighted by Gasteiger charge is -2.22. The van der Waals surface area contributed by atoms with Crippen LogP contribution in [0.4, 0.5) is 0 Å². The Bertz CT molecular complexity index is 321. The summed E-state index contributed by atoms with van der Waals surface area (Å²) >= 11 is 0. The Morgan fingerprint density at radius 2 is 1.88 bits per heavy atom. The van der Waals surface area contributed by atoms with Gasteiger partial charge in [0.15, 0.2) is 0 Å². The molecule has 16 heavy (non-hydrogen) atoms. The topological polar surface area (TPSA) is 44.5 Å². The van der Waals surface area contributed by atoms with Crippen molar-refractivity contribution < 1.29 is 9.47 Å². The molecular formula is C13H19NO2. The maximum Gasteiger partial charge on any atom is 0.0723 e. The molecule has 1 fully saturated rings. The van der Waals surface area contributed by atoms with E-state index in [0.29, 0.717) is 19.3 Å². The van der Waals surface area contributed by atoms with Crippen molar-refractivity contribution in [3.8, 4) is 0 Å². The first kappa shape index (κ1) is 11.6. The highest BCUT2D eigenvalue weighted by molar-refractivity contribution is 5.26. The van der Waals surface area contributed by atoms with E-state index in [0.717, 1.165) is 26.1 Å². The quantitative estimate of drug-likeness (QED) is 0.843. The average molecular weight is 221 g/mol. The molecule has 1 heterocycles. The van der Waals surface area contributed by atoms with Gasteiger partial charge in [-0.25, -0.2) is 0 Å². The van der Waals surface area contributed by atoms with E-state index in [1.54, 1.807) is 0 Å². The summed E-state index contributed by atoms with van der Waals surface area (Å²) in [6.45, 7) is 2.89. The van der Waals surface area contributed by atoms with Gasteiger partial charge in [0.1, 0.15) is 0 Å². The summed E-state index contributed by atoms with van der Waals surface area (Å²) < 4.78 is 11.2. The minimum Gasteiger partial charge on any atom is -0.381 e. The van der Waals surface area contributed by atoms with E-state index in [1.165, 1.54) is 11.1 Å². The Labute approximate surface area is 96.5 Å². The summed E-state index contributed by atoms with van der Waals surface area (Å²) in [4.78, 5) is 0. The predicted octanol–water partition coefficient (Wildman–Crippen LogP) is 1.84. The van der Waals surface area contributed by atoms with Crippen LogP contribution in [0.2, 0.25) is 0 Å². The second-order valence-corrected chi connectivity index (χ2v) is 4.10. The molecule has 3 heteroatoms. The van der Waals surface area contributed by atoms with E-state index in [-0.39, 0.29) is 0 Å². The minimum atomic E-state index is 0.347. The smallest absolute Gasteiger partial charge is 0.0723 e. The van der Waals surface area contributed by atoms with E-state index in [2.05, 4.69) is 12.1 Å². The Morgan fingerprint density at radius 3 is 2.56 bits per heavy atom. The third kappa shape index (κ3) is 3.04. The number of nitrogens with two attached hydrogens (primary N) is 1. The van der Waals surface area contributed by atoms with E-state index >= 15 is 0 Å². The maximum absolute atomic E-state index is 5.88.